The number of nitrogens with one attached hydrogen (secondary N) is 2. The molecule has 1 atom stereocenters. The van der Waals surface area contributed by atoms with E-state index in [1.54, 1.807) is 7.11 Å². The Labute approximate surface area is 139 Å². The van der Waals surface area contributed by atoms with E-state index in [1.807, 2.05) is 0 Å². The Bertz CT molecular complexity index is 508. The zero-order valence-corrected chi connectivity index (χ0v) is 14.1. The van der Waals surface area contributed by atoms with E-state index in [0.717, 1.165) is 37.8 Å². The number of benzene rings is 1. The van der Waals surface area contributed by atoms with Crippen molar-refractivity contribution in [1.29, 1.82) is 0 Å². The fourth-order valence-electron chi connectivity index (χ4n) is 3.36. The van der Waals surface area contributed by atoms with Crippen LogP contribution < -0.4 is 15.4 Å². The average Bonchev–Trinajstić information content (AvgIpc) is 2.64. The van der Waals surface area contributed by atoms with E-state index in [1.165, 1.54) is 37.9 Å². The number of likely N-dealkylation sites (tertiary alicyclic amines) is 1. The normalized spacial score (nSPS) is 20.3. The van der Waals surface area contributed by atoms with Gasteiger partial charge in [0, 0.05) is 19.6 Å². The van der Waals surface area contributed by atoms with Crippen molar-refractivity contribution in [3.8, 4) is 5.75 Å². The predicted octanol–water partition coefficient (Wildman–Crippen LogP) is 2.16. The smallest absolute Gasteiger partial charge is 0.191 e. The van der Waals surface area contributed by atoms with Gasteiger partial charge in [-0.25, -0.2) is 0 Å². The Kier molecular flexibility index (Phi) is 5.75. The number of guanidine groups is 1. The van der Waals surface area contributed by atoms with Crippen molar-refractivity contribution in [2.24, 2.45) is 4.99 Å². The van der Waals surface area contributed by atoms with Gasteiger partial charge in [0.2, 0.25) is 0 Å². The van der Waals surface area contributed by atoms with Crippen molar-refractivity contribution in [3.63, 3.8) is 0 Å². The first kappa shape index (κ1) is 16.1. The van der Waals surface area contributed by atoms with Crippen LogP contribution in [0.1, 0.15) is 37.3 Å². The van der Waals surface area contributed by atoms with Gasteiger partial charge in [0.05, 0.1) is 13.2 Å². The average molecular weight is 316 g/mol. The van der Waals surface area contributed by atoms with Crippen LogP contribution in [0.15, 0.2) is 29.3 Å². The minimum absolute atomic E-state index is 0.382. The number of aliphatic imine (C=N–C) groups is 1. The van der Waals surface area contributed by atoms with Crippen LogP contribution in [0.5, 0.6) is 5.75 Å². The van der Waals surface area contributed by atoms with Crippen LogP contribution >= 0.6 is 0 Å². The van der Waals surface area contributed by atoms with Crippen molar-refractivity contribution < 1.29 is 4.74 Å². The maximum Gasteiger partial charge on any atom is 0.191 e. The summed E-state index contributed by atoms with van der Waals surface area (Å²) < 4.78 is 5.29. The summed E-state index contributed by atoms with van der Waals surface area (Å²) in [5.74, 6) is 1.86. The second-order valence-electron chi connectivity index (χ2n) is 6.28. The number of piperidine rings is 1. The molecule has 1 saturated heterocycles. The molecule has 3 rings (SSSR count). The molecule has 23 heavy (non-hydrogen) atoms. The van der Waals surface area contributed by atoms with Crippen LogP contribution in [0.3, 0.4) is 0 Å². The molecule has 1 aromatic carbocycles. The molecule has 1 fully saturated rings. The van der Waals surface area contributed by atoms with E-state index in [4.69, 9.17) is 4.74 Å². The maximum absolute atomic E-state index is 5.29. The standard InChI is InChI=1S/C18H28N4O/c1-23-16-8-6-15(7-9-16)17(22-12-3-2-4-13-22)14-21-18-19-10-5-11-20-18/h6-9,17H,2-5,10-14H2,1H3,(H2,19,20,21). The molecule has 1 unspecified atom stereocenters. The first-order valence-electron chi connectivity index (χ1n) is 8.77. The van der Waals surface area contributed by atoms with Gasteiger partial charge in [0.15, 0.2) is 5.96 Å². The summed E-state index contributed by atoms with van der Waals surface area (Å²) in [6.45, 7) is 5.18. The van der Waals surface area contributed by atoms with Crippen molar-refractivity contribution in [2.75, 3.05) is 39.8 Å². The van der Waals surface area contributed by atoms with Gasteiger partial charge in [-0.2, -0.15) is 0 Å². The molecule has 2 N–H and O–H groups in total. The second kappa shape index (κ2) is 8.20. The third-order valence-electron chi connectivity index (χ3n) is 4.69. The second-order valence-corrected chi connectivity index (χ2v) is 6.28. The molecule has 0 aliphatic carbocycles. The first-order valence-corrected chi connectivity index (χ1v) is 8.77. The highest BCUT2D eigenvalue weighted by Gasteiger charge is 2.22. The fourth-order valence-corrected chi connectivity index (χ4v) is 3.36. The molecule has 0 radical (unpaired) electrons. The molecule has 5 nitrogen and oxygen atoms in total. The highest BCUT2D eigenvalue weighted by molar-refractivity contribution is 5.80. The molecule has 5 heteroatoms. The van der Waals surface area contributed by atoms with Gasteiger partial charge in [-0.1, -0.05) is 18.6 Å². The predicted molar refractivity (Wildman–Crippen MR) is 94.1 cm³/mol. The Balaban J connectivity index is 1.70. The molecule has 0 bridgehead atoms. The molecule has 0 saturated carbocycles. The Morgan fingerprint density at radius 1 is 1.17 bits per heavy atom. The lowest BCUT2D eigenvalue weighted by Gasteiger charge is -2.35. The van der Waals surface area contributed by atoms with Crippen LogP contribution in [0.4, 0.5) is 0 Å². The maximum atomic E-state index is 5.29. The molecule has 126 valence electrons. The third kappa shape index (κ3) is 4.38. The molecule has 0 spiro atoms. The van der Waals surface area contributed by atoms with Crippen molar-refractivity contribution in [1.82, 2.24) is 15.5 Å². The SMILES string of the molecule is COc1ccc(C(CNC2=NCCCN2)N2CCCCC2)cc1. The van der Waals surface area contributed by atoms with E-state index >= 15 is 0 Å². The van der Waals surface area contributed by atoms with Gasteiger partial charge >= 0.3 is 0 Å². The highest BCUT2D eigenvalue weighted by atomic mass is 16.5. The summed E-state index contributed by atoms with van der Waals surface area (Å²) in [5.41, 5.74) is 1.34. The van der Waals surface area contributed by atoms with E-state index < -0.39 is 0 Å². The van der Waals surface area contributed by atoms with Gasteiger partial charge < -0.3 is 15.4 Å². The zero-order valence-electron chi connectivity index (χ0n) is 14.1. The number of methoxy groups -OCH3 is 1. The molecule has 2 aliphatic heterocycles. The number of rotatable bonds is 5. The summed E-state index contributed by atoms with van der Waals surface area (Å²) >= 11 is 0. The number of nitrogens with zero attached hydrogens (tertiary/aromatic N) is 2. The highest BCUT2D eigenvalue weighted by Crippen LogP contribution is 2.25. The van der Waals surface area contributed by atoms with E-state index in [9.17, 15) is 0 Å². The number of hydrogen-bond donors (Lipinski definition) is 2. The molecule has 0 aromatic heterocycles. The van der Waals surface area contributed by atoms with Gasteiger partial charge in [0.25, 0.3) is 0 Å². The zero-order chi connectivity index (χ0) is 15.9. The molecule has 2 aliphatic rings. The van der Waals surface area contributed by atoms with Crippen LogP contribution in [-0.2, 0) is 0 Å². The molecular weight excluding hydrogens is 288 g/mol. The van der Waals surface area contributed by atoms with Crippen LogP contribution in [0.2, 0.25) is 0 Å². The quantitative estimate of drug-likeness (QED) is 0.874. The van der Waals surface area contributed by atoms with Crippen LogP contribution in [-0.4, -0.2) is 50.7 Å². The van der Waals surface area contributed by atoms with Gasteiger partial charge in [-0.3, -0.25) is 9.89 Å². The van der Waals surface area contributed by atoms with Gasteiger partial charge in [-0.05, 0) is 50.0 Å². The minimum atomic E-state index is 0.382. The molecule has 2 heterocycles. The Morgan fingerprint density at radius 3 is 2.61 bits per heavy atom. The monoisotopic (exact) mass is 316 g/mol. The first-order chi connectivity index (χ1) is 11.4. The van der Waals surface area contributed by atoms with E-state index in [2.05, 4.69) is 44.8 Å². The Hall–Kier alpha value is -1.75. The van der Waals surface area contributed by atoms with Crippen molar-refractivity contribution >= 4 is 5.96 Å². The van der Waals surface area contributed by atoms with Crippen LogP contribution in [0, 0.1) is 0 Å². The molecule has 1 aromatic rings. The summed E-state index contributed by atoms with van der Waals surface area (Å²) in [6.07, 6.45) is 5.07. The van der Waals surface area contributed by atoms with Gasteiger partial charge in [0.1, 0.15) is 5.75 Å². The van der Waals surface area contributed by atoms with Gasteiger partial charge in [-0.15, -0.1) is 0 Å². The fraction of sp³-hybridized carbons (Fsp3) is 0.611. The van der Waals surface area contributed by atoms with Crippen molar-refractivity contribution in [2.45, 2.75) is 31.7 Å². The third-order valence-corrected chi connectivity index (χ3v) is 4.69. The lowest BCUT2D eigenvalue weighted by atomic mass is 10.0. The topological polar surface area (TPSA) is 48.9 Å². The Morgan fingerprint density at radius 2 is 1.96 bits per heavy atom. The van der Waals surface area contributed by atoms with E-state index in [-0.39, 0.29) is 0 Å². The largest absolute Gasteiger partial charge is 0.497 e. The van der Waals surface area contributed by atoms with Crippen LogP contribution in [0.25, 0.3) is 0 Å². The summed E-state index contributed by atoms with van der Waals surface area (Å²) in [4.78, 5) is 7.12. The summed E-state index contributed by atoms with van der Waals surface area (Å²) in [6, 6.07) is 8.88. The summed E-state index contributed by atoms with van der Waals surface area (Å²) in [5, 5.41) is 6.86. The lowest BCUT2D eigenvalue weighted by molar-refractivity contribution is 0.164. The van der Waals surface area contributed by atoms with Crippen molar-refractivity contribution in [3.05, 3.63) is 29.8 Å². The summed E-state index contributed by atoms with van der Waals surface area (Å²) in [7, 11) is 1.71. The number of hydrogen-bond acceptors (Lipinski definition) is 5. The minimum Gasteiger partial charge on any atom is -0.497 e. The molecular formula is C18H28N4O. The molecule has 0 amide bonds. The lowest BCUT2D eigenvalue weighted by Crippen LogP contribution is -2.46. The number of ether oxygens (including phenoxy) is 1. The van der Waals surface area contributed by atoms with E-state index in [0.29, 0.717) is 6.04 Å².